The van der Waals surface area contributed by atoms with E-state index in [0.29, 0.717) is 12.6 Å². The summed E-state index contributed by atoms with van der Waals surface area (Å²) in [7, 11) is 0. The molecular weight excluding hydrogens is 440 g/mol. The van der Waals surface area contributed by atoms with Crippen LogP contribution in [0.25, 0.3) is 20.8 Å². The summed E-state index contributed by atoms with van der Waals surface area (Å²) in [5.74, 6) is 0.0270. The van der Waals surface area contributed by atoms with E-state index in [1.165, 1.54) is 21.5 Å². The van der Waals surface area contributed by atoms with Crippen LogP contribution in [0.3, 0.4) is 0 Å². The van der Waals surface area contributed by atoms with Crippen molar-refractivity contribution >= 4 is 38.8 Å². The van der Waals surface area contributed by atoms with Gasteiger partial charge in [0, 0.05) is 42.6 Å². The second-order valence-electron chi connectivity index (χ2n) is 9.23. The molecule has 2 heterocycles. The number of anilines is 2. The normalized spacial score (nSPS) is 16.7. The Hall–Kier alpha value is -3.22. The lowest BCUT2D eigenvalue weighted by atomic mass is 10.1. The van der Waals surface area contributed by atoms with E-state index in [4.69, 9.17) is 4.98 Å². The fourth-order valence-corrected chi connectivity index (χ4v) is 5.62. The highest BCUT2D eigenvalue weighted by molar-refractivity contribution is 7.21. The van der Waals surface area contributed by atoms with Crippen LogP contribution in [-0.4, -0.2) is 48.0 Å². The van der Waals surface area contributed by atoms with Crippen LogP contribution in [0.15, 0.2) is 66.7 Å². The Balaban J connectivity index is 1.17. The van der Waals surface area contributed by atoms with E-state index in [0.717, 1.165) is 41.4 Å². The number of hydrogen-bond acceptors (Lipinski definition) is 5. The fourth-order valence-electron chi connectivity index (χ4n) is 4.55. The summed E-state index contributed by atoms with van der Waals surface area (Å²) >= 11 is 1.70. The summed E-state index contributed by atoms with van der Waals surface area (Å²) in [6.07, 6.45) is 0. The highest BCUT2D eigenvalue weighted by Crippen LogP contribution is 2.31. The molecule has 1 saturated heterocycles. The van der Waals surface area contributed by atoms with Crippen LogP contribution >= 0.6 is 11.3 Å². The van der Waals surface area contributed by atoms with E-state index >= 15 is 0 Å². The van der Waals surface area contributed by atoms with E-state index in [-0.39, 0.29) is 5.91 Å². The molecular formula is C28H30N4OS. The van der Waals surface area contributed by atoms with Crippen LogP contribution in [0.5, 0.6) is 0 Å². The highest BCUT2D eigenvalue weighted by atomic mass is 32.1. The number of nitrogens with one attached hydrogen (secondary N) is 1. The number of carbonyl (C=O) groups is 1. The van der Waals surface area contributed by atoms with Crippen molar-refractivity contribution in [2.75, 3.05) is 36.4 Å². The molecule has 1 fully saturated rings. The van der Waals surface area contributed by atoms with Crippen LogP contribution in [0, 0.1) is 13.8 Å². The van der Waals surface area contributed by atoms with Crippen molar-refractivity contribution in [1.82, 2.24) is 9.88 Å². The third-order valence-corrected chi connectivity index (χ3v) is 7.47. The quantitative estimate of drug-likeness (QED) is 0.405. The van der Waals surface area contributed by atoms with Gasteiger partial charge in [0.2, 0.25) is 5.91 Å². The van der Waals surface area contributed by atoms with Gasteiger partial charge >= 0.3 is 0 Å². The molecule has 1 aliphatic heterocycles. The summed E-state index contributed by atoms with van der Waals surface area (Å²) in [4.78, 5) is 22.1. The SMILES string of the molecule is Cc1ccc(N2CCN(CC(=O)Nc3ccc(-c4nc5ccc(C)cc5s4)cc3)CC2C)cc1. The summed E-state index contributed by atoms with van der Waals surface area (Å²) in [5, 5.41) is 4.05. The molecule has 6 heteroatoms. The Morgan fingerprint density at radius 3 is 2.47 bits per heavy atom. The molecule has 1 N–H and O–H groups in total. The zero-order valence-electron chi connectivity index (χ0n) is 19.9. The van der Waals surface area contributed by atoms with E-state index in [1.807, 2.05) is 24.3 Å². The monoisotopic (exact) mass is 470 g/mol. The van der Waals surface area contributed by atoms with Gasteiger partial charge in [-0.15, -0.1) is 11.3 Å². The van der Waals surface area contributed by atoms with E-state index in [2.05, 4.69) is 78.4 Å². The number of hydrogen-bond donors (Lipinski definition) is 1. The minimum absolute atomic E-state index is 0.0270. The van der Waals surface area contributed by atoms with E-state index in [1.54, 1.807) is 11.3 Å². The maximum atomic E-state index is 12.7. The number of amides is 1. The van der Waals surface area contributed by atoms with Gasteiger partial charge in [-0.1, -0.05) is 23.8 Å². The molecule has 1 aromatic heterocycles. The van der Waals surface area contributed by atoms with Crippen LogP contribution in [-0.2, 0) is 4.79 Å². The fraction of sp³-hybridized carbons (Fsp3) is 0.286. The number of benzene rings is 3. The maximum absolute atomic E-state index is 12.7. The molecule has 1 atom stereocenters. The average Bonchev–Trinajstić information content (AvgIpc) is 3.23. The van der Waals surface area contributed by atoms with E-state index in [9.17, 15) is 4.79 Å². The Morgan fingerprint density at radius 2 is 1.74 bits per heavy atom. The Bertz CT molecular complexity index is 1300. The molecule has 0 spiro atoms. The predicted octanol–water partition coefficient (Wildman–Crippen LogP) is 5.73. The first-order valence-electron chi connectivity index (χ1n) is 11.8. The molecule has 4 aromatic rings. The standard InChI is InChI=1S/C28H30N4OS/c1-19-4-11-24(12-5-19)32-15-14-31(17-21(32)3)18-27(33)29-23-9-7-22(8-10-23)28-30-25-13-6-20(2)16-26(25)34-28/h4-13,16,21H,14-15,17-18H2,1-3H3,(H,29,33). The first kappa shape index (κ1) is 22.6. The zero-order valence-corrected chi connectivity index (χ0v) is 20.7. The summed E-state index contributed by atoms with van der Waals surface area (Å²) in [6, 6.07) is 23.4. The number of aromatic nitrogens is 1. The van der Waals surface area contributed by atoms with Gasteiger partial charge in [-0.2, -0.15) is 0 Å². The van der Waals surface area contributed by atoms with Crippen LogP contribution in [0.4, 0.5) is 11.4 Å². The first-order chi connectivity index (χ1) is 16.4. The number of nitrogens with zero attached hydrogens (tertiary/aromatic N) is 3. The third-order valence-electron chi connectivity index (χ3n) is 6.40. The lowest BCUT2D eigenvalue weighted by Crippen LogP contribution is -2.53. The molecule has 1 aliphatic rings. The van der Waals surface area contributed by atoms with Crippen molar-refractivity contribution in [3.05, 3.63) is 77.9 Å². The maximum Gasteiger partial charge on any atom is 0.238 e. The number of piperazine rings is 1. The Morgan fingerprint density at radius 1 is 1.00 bits per heavy atom. The molecule has 1 amide bonds. The molecule has 0 saturated carbocycles. The van der Waals surface area contributed by atoms with Crippen molar-refractivity contribution in [1.29, 1.82) is 0 Å². The largest absolute Gasteiger partial charge is 0.366 e. The molecule has 174 valence electrons. The molecule has 1 unspecified atom stereocenters. The molecule has 3 aromatic carbocycles. The molecule has 0 aliphatic carbocycles. The van der Waals surface area contributed by atoms with Crippen molar-refractivity contribution in [3.63, 3.8) is 0 Å². The third kappa shape index (κ3) is 4.98. The Kier molecular flexibility index (Phi) is 6.35. The van der Waals surface area contributed by atoms with Gasteiger partial charge in [0.25, 0.3) is 0 Å². The van der Waals surface area contributed by atoms with Gasteiger partial charge in [-0.3, -0.25) is 9.69 Å². The van der Waals surface area contributed by atoms with Crippen molar-refractivity contribution in [3.8, 4) is 10.6 Å². The molecule has 34 heavy (non-hydrogen) atoms. The number of aryl methyl sites for hydroxylation is 2. The summed E-state index contributed by atoms with van der Waals surface area (Å²) in [5.41, 5.74) is 6.68. The lowest BCUT2D eigenvalue weighted by Gasteiger charge is -2.41. The van der Waals surface area contributed by atoms with Gasteiger partial charge in [-0.05, 0) is 74.9 Å². The summed E-state index contributed by atoms with van der Waals surface area (Å²) < 4.78 is 1.20. The minimum atomic E-state index is 0.0270. The van der Waals surface area contributed by atoms with E-state index < -0.39 is 0 Å². The van der Waals surface area contributed by atoms with Gasteiger partial charge in [0.1, 0.15) is 5.01 Å². The lowest BCUT2D eigenvalue weighted by molar-refractivity contribution is -0.117. The second kappa shape index (κ2) is 9.57. The number of thiazole rings is 1. The minimum Gasteiger partial charge on any atom is -0.366 e. The number of carbonyl (C=O) groups excluding carboxylic acids is 1. The number of rotatable bonds is 5. The average molecular weight is 471 g/mol. The van der Waals surface area contributed by atoms with Crippen molar-refractivity contribution in [2.45, 2.75) is 26.8 Å². The molecule has 5 nitrogen and oxygen atoms in total. The second-order valence-corrected chi connectivity index (χ2v) is 10.3. The van der Waals surface area contributed by atoms with Gasteiger partial charge in [-0.25, -0.2) is 4.98 Å². The Labute approximate surface area is 205 Å². The van der Waals surface area contributed by atoms with Crippen LogP contribution in [0.1, 0.15) is 18.1 Å². The first-order valence-corrected chi connectivity index (χ1v) is 12.6. The van der Waals surface area contributed by atoms with Gasteiger partial charge in [0.05, 0.1) is 16.8 Å². The van der Waals surface area contributed by atoms with Gasteiger partial charge < -0.3 is 10.2 Å². The molecule has 5 rings (SSSR count). The van der Waals surface area contributed by atoms with Crippen molar-refractivity contribution in [2.24, 2.45) is 0 Å². The highest BCUT2D eigenvalue weighted by Gasteiger charge is 2.25. The zero-order chi connectivity index (χ0) is 23.7. The van der Waals surface area contributed by atoms with Crippen LogP contribution in [0.2, 0.25) is 0 Å². The topological polar surface area (TPSA) is 48.5 Å². The molecule has 0 radical (unpaired) electrons. The smallest absolute Gasteiger partial charge is 0.238 e. The van der Waals surface area contributed by atoms with Gasteiger partial charge in [0.15, 0.2) is 0 Å². The predicted molar refractivity (Wildman–Crippen MR) is 143 cm³/mol. The molecule has 0 bridgehead atoms. The van der Waals surface area contributed by atoms with Crippen LogP contribution < -0.4 is 10.2 Å². The number of fused-ring (bicyclic) bond motifs is 1. The summed E-state index contributed by atoms with van der Waals surface area (Å²) in [6.45, 7) is 9.52. The van der Waals surface area contributed by atoms with Crippen molar-refractivity contribution < 1.29 is 4.79 Å².